The predicted molar refractivity (Wildman–Crippen MR) is 95.5 cm³/mol. The fourth-order valence-corrected chi connectivity index (χ4v) is 2.84. The Morgan fingerprint density at radius 1 is 0.476 bits per heavy atom. The van der Waals surface area contributed by atoms with Gasteiger partial charge in [-0.2, -0.15) is 0 Å². The van der Waals surface area contributed by atoms with E-state index in [2.05, 4.69) is 13.8 Å². The summed E-state index contributed by atoms with van der Waals surface area (Å²) < 4.78 is 0. The fraction of sp³-hybridized carbons (Fsp3) is 1.00. The molecule has 0 radical (unpaired) electrons. The molecule has 0 spiro atoms. The molecule has 0 saturated heterocycles. The predicted octanol–water partition coefficient (Wildman–Crippen LogP) is 6.68. The minimum Gasteiger partial charge on any atom is -0.785 e. The van der Waals surface area contributed by atoms with Crippen LogP contribution in [-0.4, -0.2) is 18.2 Å². The Bertz CT molecular complexity index is 184. The lowest BCUT2D eigenvalue weighted by Gasteiger charge is -2.27. The summed E-state index contributed by atoms with van der Waals surface area (Å²) in [5.74, 6) is 0. The molecule has 0 rings (SSSR count). The fourth-order valence-electron chi connectivity index (χ4n) is 2.84. The molecular formula is C19H40NO-. The van der Waals surface area contributed by atoms with E-state index in [1.165, 1.54) is 88.5 Å². The minimum absolute atomic E-state index is 0.707. The Hall–Kier alpha value is -0.0800. The molecule has 0 aromatic rings. The maximum absolute atomic E-state index is 11.3. The number of unbranched alkanes of at least 4 members (excludes halogenated alkanes) is 13. The molecule has 0 unspecified atom stereocenters. The maximum Gasteiger partial charge on any atom is -0.0145 e. The van der Waals surface area contributed by atoms with E-state index in [-0.39, 0.29) is 0 Å². The van der Waals surface area contributed by atoms with Crippen molar-refractivity contribution in [3.8, 4) is 0 Å². The van der Waals surface area contributed by atoms with E-state index >= 15 is 0 Å². The lowest BCUT2D eigenvalue weighted by Crippen LogP contribution is -2.18. The summed E-state index contributed by atoms with van der Waals surface area (Å²) in [5.41, 5.74) is 0. The lowest BCUT2D eigenvalue weighted by atomic mass is 10.0. The molecule has 0 bridgehead atoms. The van der Waals surface area contributed by atoms with E-state index in [1.807, 2.05) is 0 Å². The zero-order valence-corrected chi connectivity index (χ0v) is 14.9. The maximum atomic E-state index is 11.3. The van der Waals surface area contributed by atoms with Crippen LogP contribution in [0.1, 0.15) is 110 Å². The van der Waals surface area contributed by atoms with Crippen LogP contribution in [0.25, 0.3) is 0 Å². The Morgan fingerprint density at radius 3 is 1.24 bits per heavy atom. The number of rotatable bonds is 17. The molecule has 2 nitrogen and oxygen atoms in total. The SMILES string of the molecule is CCCCCCCCCCCCCCCCN([O-])CCC. The zero-order valence-electron chi connectivity index (χ0n) is 14.9. The quantitative estimate of drug-likeness (QED) is 0.221. The van der Waals surface area contributed by atoms with Crippen LogP contribution in [0.3, 0.4) is 0 Å². The van der Waals surface area contributed by atoms with Gasteiger partial charge in [0.15, 0.2) is 0 Å². The van der Waals surface area contributed by atoms with Gasteiger partial charge in [0, 0.05) is 0 Å². The smallest absolute Gasteiger partial charge is 0.0145 e. The second kappa shape index (κ2) is 18.0. The summed E-state index contributed by atoms with van der Waals surface area (Å²) in [6.45, 7) is 5.79. The summed E-state index contributed by atoms with van der Waals surface area (Å²) >= 11 is 0. The molecule has 0 atom stereocenters. The van der Waals surface area contributed by atoms with Crippen molar-refractivity contribution in [3.05, 3.63) is 5.21 Å². The zero-order chi connectivity index (χ0) is 15.6. The molecule has 0 aromatic heterocycles. The van der Waals surface area contributed by atoms with E-state index in [1.54, 1.807) is 0 Å². The van der Waals surface area contributed by atoms with E-state index < -0.39 is 0 Å². The molecule has 0 aromatic carbocycles. The molecule has 2 heteroatoms. The monoisotopic (exact) mass is 298 g/mol. The standard InChI is InChI=1S/C19H40NO/c1-3-5-6-7-8-9-10-11-12-13-14-15-16-17-19-20(21)18-4-2/h3-19H2,1-2H3/q-1. The van der Waals surface area contributed by atoms with Crippen LogP contribution in [0, 0.1) is 5.21 Å². The van der Waals surface area contributed by atoms with Crippen LogP contribution < -0.4 is 0 Å². The molecule has 21 heavy (non-hydrogen) atoms. The number of nitrogens with zero attached hydrogens (tertiary/aromatic N) is 1. The number of hydroxylamine groups is 2. The molecule has 0 amide bonds. The van der Waals surface area contributed by atoms with Crippen LogP contribution in [0.4, 0.5) is 0 Å². The summed E-state index contributed by atoms with van der Waals surface area (Å²) in [7, 11) is 0. The van der Waals surface area contributed by atoms with Crippen LogP contribution in [-0.2, 0) is 0 Å². The van der Waals surface area contributed by atoms with Gasteiger partial charge < -0.3 is 10.3 Å². The van der Waals surface area contributed by atoms with Gasteiger partial charge in [-0.1, -0.05) is 97.3 Å². The van der Waals surface area contributed by atoms with Gasteiger partial charge in [-0.05, 0) is 25.9 Å². The van der Waals surface area contributed by atoms with Crippen molar-refractivity contribution in [2.24, 2.45) is 0 Å². The highest BCUT2D eigenvalue weighted by Gasteiger charge is 1.94. The van der Waals surface area contributed by atoms with Gasteiger partial charge in [0.1, 0.15) is 0 Å². The van der Waals surface area contributed by atoms with Crippen molar-refractivity contribution in [2.75, 3.05) is 13.1 Å². The molecule has 0 aliphatic carbocycles. The summed E-state index contributed by atoms with van der Waals surface area (Å²) in [5, 5.41) is 12.5. The second-order valence-electron chi connectivity index (χ2n) is 6.53. The number of hydrogen-bond acceptors (Lipinski definition) is 2. The van der Waals surface area contributed by atoms with Crippen molar-refractivity contribution in [1.82, 2.24) is 5.06 Å². The molecule has 128 valence electrons. The first-order valence-electron chi connectivity index (χ1n) is 9.73. The average molecular weight is 299 g/mol. The summed E-state index contributed by atoms with van der Waals surface area (Å²) in [6, 6.07) is 0. The van der Waals surface area contributed by atoms with E-state index in [0.29, 0.717) is 6.54 Å². The van der Waals surface area contributed by atoms with E-state index in [9.17, 15) is 5.21 Å². The third-order valence-electron chi connectivity index (χ3n) is 4.23. The van der Waals surface area contributed by atoms with Crippen molar-refractivity contribution in [2.45, 2.75) is 110 Å². The molecule has 0 fully saturated rings. The van der Waals surface area contributed by atoms with Crippen molar-refractivity contribution in [3.63, 3.8) is 0 Å². The number of hydrogen-bond donors (Lipinski definition) is 0. The molecule has 0 aliphatic rings. The highest BCUT2D eigenvalue weighted by molar-refractivity contribution is 4.56. The van der Waals surface area contributed by atoms with Gasteiger partial charge >= 0.3 is 0 Å². The first kappa shape index (κ1) is 20.9. The van der Waals surface area contributed by atoms with Gasteiger partial charge in [0.2, 0.25) is 0 Å². The average Bonchev–Trinajstić information content (AvgIpc) is 2.48. The molecule has 0 saturated carbocycles. The second-order valence-corrected chi connectivity index (χ2v) is 6.53. The molecule has 0 aliphatic heterocycles. The van der Waals surface area contributed by atoms with Gasteiger partial charge in [-0.3, -0.25) is 0 Å². The lowest BCUT2D eigenvalue weighted by molar-refractivity contribution is 0.363. The Morgan fingerprint density at radius 2 is 0.857 bits per heavy atom. The van der Waals surface area contributed by atoms with Crippen LogP contribution >= 0.6 is 0 Å². The van der Waals surface area contributed by atoms with Crippen molar-refractivity contribution < 1.29 is 0 Å². The summed E-state index contributed by atoms with van der Waals surface area (Å²) in [4.78, 5) is 0. The third-order valence-corrected chi connectivity index (χ3v) is 4.23. The van der Waals surface area contributed by atoms with Gasteiger partial charge in [-0.25, -0.2) is 0 Å². The van der Waals surface area contributed by atoms with Gasteiger partial charge in [0.05, 0.1) is 0 Å². The third kappa shape index (κ3) is 17.9. The summed E-state index contributed by atoms with van der Waals surface area (Å²) in [6.07, 6.45) is 20.2. The largest absolute Gasteiger partial charge is 0.785 e. The topological polar surface area (TPSA) is 26.3 Å². The Kier molecular flexibility index (Phi) is 17.9. The van der Waals surface area contributed by atoms with Crippen LogP contribution in [0.5, 0.6) is 0 Å². The molecule has 0 heterocycles. The van der Waals surface area contributed by atoms with Crippen molar-refractivity contribution >= 4 is 0 Å². The van der Waals surface area contributed by atoms with Crippen LogP contribution in [0.2, 0.25) is 0 Å². The van der Waals surface area contributed by atoms with E-state index in [4.69, 9.17) is 0 Å². The van der Waals surface area contributed by atoms with E-state index in [0.717, 1.165) is 19.4 Å². The van der Waals surface area contributed by atoms with Crippen LogP contribution in [0.15, 0.2) is 0 Å². The Labute approximate surface area is 134 Å². The first-order valence-corrected chi connectivity index (χ1v) is 9.73. The Balaban J connectivity index is 2.99. The first-order chi connectivity index (χ1) is 10.3. The molecular weight excluding hydrogens is 258 g/mol. The highest BCUT2D eigenvalue weighted by Crippen LogP contribution is 2.13. The normalized spacial score (nSPS) is 11.4. The highest BCUT2D eigenvalue weighted by atomic mass is 16.5. The minimum atomic E-state index is 0.707. The van der Waals surface area contributed by atoms with Crippen molar-refractivity contribution in [1.29, 1.82) is 0 Å². The van der Waals surface area contributed by atoms with Gasteiger partial charge in [0.25, 0.3) is 0 Å². The van der Waals surface area contributed by atoms with Gasteiger partial charge in [-0.15, -0.1) is 0 Å². The molecule has 0 N–H and O–H groups in total.